The predicted molar refractivity (Wildman–Crippen MR) is 114 cm³/mol. The molecule has 0 saturated heterocycles. The highest BCUT2D eigenvalue weighted by Gasteiger charge is 2.21. The topological polar surface area (TPSA) is 0 Å². The fourth-order valence-corrected chi connectivity index (χ4v) is 3.96. The van der Waals surface area contributed by atoms with Gasteiger partial charge in [-0.25, -0.2) is 0 Å². The SMILES string of the molecule is C=C(CCCCCCCCC(S)CCCCCCCC)CC1CC1. The zero-order valence-electron chi connectivity index (χ0n) is 16.5. The van der Waals surface area contributed by atoms with E-state index < -0.39 is 0 Å². The Morgan fingerprint density at radius 3 is 1.88 bits per heavy atom. The molecule has 0 spiro atoms. The smallest absolute Gasteiger partial charge is 0.00168 e. The van der Waals surface area contributed by atoms with Crippen LogP contribution < -0.4 is 0 Å². The summed E-state index contributed by atoms with van der Waals surface area (Å²) in [6.07, 6.45) is 25.1. The molecule has 1 aliphatic rings. The molecule has 1 saturated carbocycles. The third kappa shape index (κ3) is 14.4. The summed E-state index contributed by atoms with van der Waals surface area (Å²) in [6, 6.07) is 0. The van der Waals surface area contributed by atoms with Crippen molar-refractivity contribution in [2.24, 2.45) is 5.92 Å². The van der Waals surface area contributed by atoms with E-state index in [-0.39, 0.29) is 0 Å². The van der Waals surface area contributed by atoms with E-state index in [1.165, 1.54) is 121 Å². The lowest BCUT2D eigenvalue weighted by atomic mass is 10.0. The Balaban J connectivity index is 1.74. The van der Waals surface area contributed by atoms with E-state index in [1.54, 1.807) is 0 Å². The third-order valence-corrected chi connectivity index (χ3v) is 6.00. The van der Waals surface area contributed by atoms with Gasteiger partial charge in [0.2, 0.25) is 0 Å². The summed E-state index contributed by atoms with van der Waals surface area (Å²) in [4.78, 5) is 0. The number of allylic oxidation sites excluding steroid dienone is 1. The van der Waals surface area contributed by atoms with Crippen molar-refractivity contribution in [3.8, 4) is 0 Å². The molecule has 1 atom stereocenters. The molecule has 0 amide bonds. The largest absolute Gasteiger partial charge is 0.176 e. The first-order valence-corrected chi connectivity index (χ1v) is 11.6. The van der Waals surface area contributed by atoms with Crippen LogP contribution in [0.4, 0.5) is 0 Å². The molecule has 1 aliphatic carbocycles. The van der Waals surface area contributed by atoms with Crippen molar-refractivity contribution in [2.75, 3.05) is 0 Å². The van der Waals surface area contributed by atoms with Crippen LogP contribution in [0.3, 0.4) is 0 Å². The summed E-state index contributed by atoms with van der Waals surface area (Å²) >= 11 is 4.78. The molecule has 0 heterocycles. The Labute approximate surface area is 158 Å². The molecule has 1 fully saturated rings. The van der Waals surface area contributed by atoms with Gasteiger partial charge in [0.25, 0.3) is 0 Å². The Hall–Kier alpha value is 0.0900. The van der Waals surface area contributed by atoms with Crippen LogP contribution in [0.5, 0.6) is 0 Å². The molecule has 0 aromatic heterocycles. The maximum Gasteiger partial charge on any atom is 0.00168 e. The number of rotatable bonds is 18. The average molecular weight is 353 g/mol. The lowest BCUT2D eigenvalue weighted by Gasteiger charge is -2.10. The minimum absolute atomic E-state index is 0.655. The number of unbranched alkanes of at least 4 members (excludes halogenated alkanes) is 10. The van der Waals surface area contributed by atoms with Crippen molar-refractivity contribution in [1.82, 2.24) is 0 Å². The van der Waals surface area contributed by atoms with Gasteiger partial charge >= 0.3 is 0 Å². The van der Waals surface area contributed by atoms with E-state index in [9.17, 15) is 0 Å². The van der Waals surface area contributed by atoms with Gasteiger partial charge < -0.3 is 0 Å². The van der Waals surface area contributed by atoms with Crippen molar-refractivity contribution < 1.29 is 0 Å². The molecule has 1 heteroatoms. The molecule has 24 heavy (non-hydrogen) atoms. The minimum Gasteiger partial charge on any atom is -0.176 e. The van der Waals surface area contributed by atoms with Crippen LogP contribution in [0, 0.1) is 5.92 Å². The summed E-state index contributed by atoms with van der Waals surface area (Å²) < 4.78 is 0. The number of hydrogen-bond acceptors (Lipinski definition) is 1. The second kappa shape index (κ2) is 15.4. The molecular formula is C23H44S. The van der Waals surface area contributed by atoms with Crippen LogP contribution in [-0.2, 0) is 0 Å². The third-order valence-electron chi connectivity index (χ3n) is 5.48. The summed E-state index contributed by atoms with van der Waals surface area (Å²) in [5.41, 5.74) is 1.52. The maximum absolute atomic E-state index is 4.78. The fraction of sp³-hybridized carbons (Fsp3) is 0.913. The van der Waals surface area contributed by atoms with E-state index in [1.807, 2.05) is 0 Å². The molecule has 0 nitrogen and oxygen atoms in total. The van der Waals surface area contributed by atoms with Crippen LogP contribution in [0.1, 0.15) is 122 Å². The molecule has 0 aliphatic heterocycles. The van der Waals surface area contributed by atoms with Crippen molar-refractivity contribution in [2.45, 2.75) is 128 Å². The van der Waals surface area contributed by atoms with Crippen LogP contribution >= 0.6 is 12.6 Å². The van der Waals surface area contributed by atoms with Gasteiger partial charge in [-0.2, -0.15) is 12.6 Å². The summed E-state index contributed by atoms with van der Waals surface area (Å²) in [7, 11) is 0. The van der Waals surface area contributed by atoms with Crippen molar-refractivity contribution in [1.29, 1.82) is 0 Å². The van der Waals surface area contributed by atoms with Gasteiger partial charge in [-0.3, -0.25) is 0 Å². The first-order valence-electron chi connectivity index (χ1n) is 11.1. The van der Waals surface area contributed by atoms with E-state index in [0.717, 1.165) is 5.92 Å². The van der Waals surface area contributed by atoms with Crippen LogP contribution in [0.25, 0.3) is 0 Å². The molecule has 142 valence electrons. The van der Waals surface area contributed by atoms with E-state index in [2.05, 4.69) is 13.5 Å². The molecule has 0 aromatic rings. The van der Waals surface area contributed by atoms with Gasteiger partial charge in [-0.15, -0.1) is 0 Å². The average Bonchev–Trinajstić information content (AvgIpc) is 3.37. The molecule has 0 radical (unpaired) electrons. The van der Waals surface area contributed by atoms with Gasteiger partial charge in [0.1, 0.15) is 0 Å². The quantitative estimate of drug-likeness (QED) is 0.143. The second-order valence-corrected chi connectivity index (χ2v) is 9.00. The van der Waals surface area contributed by atoms with Crippen molar-refractivity contribution >= 4 is 12.6 Å². The maximum atomic E-state index is 4.78. The van der Waals surface area contributed by atoms with Crippen molar-refractivity contribution in [3.05, 3.63) is 12.2 Å². The fourth-order valence-electron chi connectivity index (χ4n) is 3.60. The van der Waals surface area contributed by atoms with Crippen LogP contribution in [-0.4, -0.2) is 5.25 Å². The van der Waals surface area contributed by atoms with E-state index in [0.29, 0.717) is 5.25 Å². The molecule has 0 N–H and O–H groups in total. The monoisotopic (exact) mass is 352 g/mol. The van der Waals surface area contributed by atoms with Gasteiger partial charge in [0.05, 0.1) is 0 Å². The zero-order chi connectivity index (χ0) is 17.5. The van der Waals surface area contributed by atoms with E-state index in [4.69, 9.17) is 12.6 Å². The van der Waals surface area contributed by atoms with Gasteiger partial charge in [0, 0.05) is 5.25 Å². The first-order chi connectivity index (χ1) is 11.7. The minimum atomic E-state index is 0.655. The molecule has 1 rings (SSSR count). The van der Waals surface area contributed by atoms with Crippen molar-refractivity contribution in [3.63, 3.8) is 0 Å². The highest BCUT2D eigenvalue weighted by Crippen LogP contribution is 2.35. The lowest BCUT2D eigenvalue weighted by molar-refractivity contribution is 0.539. The molecule has 0 bridgehead atoms. The number of thiol groups is 1. The van der Waals surface area contributed by atoms with Gasteiger partial charge in [-0.1, -0.05) is 89.7 Å². The lowest BCUT2D eigenvalue weighted by Crippen LogP contribution is -1.98. The Kier molecular flexibility index (Phi) is 14.2. The first kappa shape index (κ1) is 22.1. The Morgan fingerprint density at radius 2 is 1.33 bits per heavy atom. The zero-order valence-corrected chi connectivity index (χ0v) is 17.4. The Morgan fingerprint density at radius 1 is 0.833 bits per heavy atom. The standard InChI is InChI=1S/C23H44S/c1-3-4-5-6-10-13-16-23(24)17-14-11-8-7-9-12-15-21(2)20-22-18-19-22/h22-24H,2-20H2,1H3. The van der Waals surface area contributed by atoms with Gasteiger partial charge in [-0.05, 0) is 50.9 Å². The molecule has 0 aromatic carbocycles. The van der Waals surface area contributed by atoms with Crippen LogP contribution in [0.2, 0.25) is 0 Å². The second-order valence-electron chi connectivity index (χ2n) is 8.27. The summed E-state index contributed by atoms with van der Waals surface area (Å²) in [5.74, 6) is 1.02. The summed E-state index contributed by atoms with van der Waals surface area (Å²) in [5, 5.41) is 0.655. The normalized spacial score (nSPS) is 15.6. The number of hydrogen-bond donors (Lipinski definition) is 1. The van der Waals surface area contributed by atoms with Crippen LogP contribution in [0.15, 0.2) is 12.2 Å². The predicted octanol–water partition coefficient (Wildman–Crippen LogP) is 8.51. The Bertz CT molecular complexity index is 292. The van der Waals surface area contributed by atoms with E-state index >= 15 is 0 Å². The summed E-state index contributed by atoms with van der Waals surface area (Å²) in [6.45, 7) is 6.53. The van der Waals surface area contributed by atoms with Gasteiger partial charge in [0.15, 0.2) is 0 Å². The molecular weight excluding hydrogens is 308 g/mol. The molecule has 1 unspecified atom stereocenters. The highest BCUT2D eigenvalue weighted by molar-refractivity contribution is 7.80. The highest BCUT2D eigenvalue weighted by atomic mass is 32.1.